The average Bonchev–Trinajstić information content (AvgIpc) is 2.86. The molecule has 0 saturated carbocycles. The van der Waals surface area contributed by atoms with E-state index in [4.69, 9.17) is 25.9 Å². The first-order chi connectivity index (χ1) is 12.0. The molecule has 25 heavy (non-hydrogen) atoms. The van der Waals surface area contributed by atoms with Gasteiger partial charge in [0.05, 0.1) is 25.3 Å². The lowest BCUT2D eigenvalue weighted by molar-refractivity contribution is -0.0586. The van der Waals surface area contributed by atoms with Crippen LogP contribution in [0.2, 0.25) is 5.02 Å². The number of rotatable bonds is 4. The van der Waals surface area contributed by atoms with Crippen LogP contribution in [-0.4, -0.2) is 37.1 Å². The second-order valence-corrected chi connectivity index (χ2v) is 5.37. The highest BCUT2D eigenvalue weighted by Gasteiger charge is 2.39. The third-order valence-electron chi connectivity index (χ3n) is 3.64. The van der Waals surface area contributed by atoms with E-state index in [9.17, 15) is 14.4 Å². The highest BCUT2D eigenvalue weighted by Crippen LogP contribution is 2.37. The Balaban J connectivity index is 1.91. The Labute approximate surface area is 147 Å². The topological polar surface area (TPSA) is 82.1 Å². The minimum atomic E-state index is -0.962. The molecule has 0 unspecified atom stereocenters. The lowest BCUT2D eigenvalue weighted by Gasteiger charge is -2.15. The van der Waals surface area contributed by atoms with Crippen molar-refractivity contribution in [3.8, 4) is 11.5 Å². The number of carbonyl (C=O) groups is 3. The largest absolute Gasteiger partial charge is 0.495 e. The van der Waals surface area contributed by atoms with Crippen molar-refractivity contribution in [1.82, 2.24) is 5.06 Å². The molecular weight excluding hydrogens is 350 g/mol. The Bertz CT molecular complexity index is 860. The van der Waals surface area contributed by atoms with Gasteiger partial charge in [-0.3, -0.25) is 9.59 Å². The predicted molar refractivity (Wildman–Crippen MR) is 86.9 cm³/mol. The number of amides is 2. The number of halogens is 1. The van der Waals surface area contributed by atoms with Gasteiger partial charge >= 0.3 is 5.97 Å². The summed E-state index contributed by atoms with van der Waals surface area (Å²) in [4.78, 5) is 41.9. The van der Waals surface area contributed by atoms with Crippen LogP contribution in [0.4, 0.5) is 0 Å². The van der Waals surface area contributed by atoms with Gasteiger partial charge in [0.15, 0.2) is 5.75 Å². The fraction of sp³-hybridized carbons (Fsp3) is 0.118. The standard InChI is InChI=1S/C17H12ClNO6/c1-23-12-8-7-11(14(24-2)13(12)18)17(22)25-19-15(20)9-5-3-4-6-10(9)16(19)21/h3-8H,1-2H3. The van der Waals surface area contributed by atoms with Gasteiger partial charge in [-0.2, -0.15) is 0 Å². The van der Waals surface area contributed by atoms with Gasteiger partial charge in [0.25, 0.3) is 11.8 Å². The van der Waals surface area contributed by atoms with E-state index in [2.05, 4.69) is 0 Å². The second kappa shape index (κ2) is 6.45. The van der Waals surface area contributed by atoms with Crippen LogP contribution in [0.1, 0.15) is 31.1 Å². The first kappa shape index (κ1) is 16.8. The molecule has 0 bridgehead atoms. The molecular formula is C17H12ClNO6. The summed E-state index contributed by atoms with van der Waals surface area (Å²) in [6.45, 7) is 0. The Morgan fingerprint density at radius 3 is 2.08 bits per heavy atom. The number of methoxy groups -OCH3 is 2. The van der Waals surface area contributed by atoms with E-state index in [1.165, 1.54) is 38.5 Å². The fourth-order valence-corrected chi connectivity index (χ4v) is 2.76. The second-order valence-electron chi connectivity index (χ2n) is 4.99. The van der Waals surface area contributed by atoms with E-state index in [-0.39, 0.29) is 27.5 Å². The first-order valence-electron chi connectivity index (χ1n) is 7.10. The van der Waals surface area contributed by atoms with Crippen molar-refractivity contribution in [2.24, 2.45) is 0 Å². The molecule has 0 aliphatic carbocycles. The summed E-state index contributed by atoms with van der Waals surface area (Å²) < 4.78 is 10.2. The predicted octanol–water partition coefficient (Wildman–Crippen LogP) is 2.73. The summed E-state index contributed by atoms with van der Waals surface area (Å²) in [5.74, 6) is -2.07. The number of carbonyl (C=O) groups excluding carboxylic acids is 3. The number of ether oxygens (including phenoxy) is 2. The summed E-state index contributed by atoms with van der Waals surface area (Å²) in [6.07, 6.45) is 0. The van der Waals surface area contributed by atoms with Crippen molar-refractivity contribution in [3.05, 3.63) is 58.1 Å². The molecule has 7 nitrogen and oxygen atoms in total. The first-order valence-corrected chi connectivity index (χ1v) is 7.48. The van der Waals surface area contributed by atoms with Crippen molar-refractivity contribution in [3.63, 3.8) is 0 Å². The van der Waals surface area contributed by atoms with Crippen LogP contribution in [0.15, 0.2) is 36.4 Å². The third-order valence-corrected chi connectivity index (χ3v) is 3.99. The zero-order chi connectivity index (χ0) is 18.1. The zero-order valence-electron chi connectivity index (χ0n) is 13.2. The average molecular weight is 362 g/mol. The molecule has 0 spiro atoms. The van der Waals surface area contributed by atoms with Crippen molar-refractivity contribution in [1.29, 1.82) is 0 Å². The van der Waals surface area contributed by atoms with Crippen molar-refractivity contribution >= 4 is 29.4 Å². The number of fused-ring (bicyclic) bond motifs is 1. The number of hydrogen-bond donors (Lipinski definition) is 0. The highest BCUT2D eigenvalue weighted by atomic mass is 35.5. The molecule has 128 valence electrons. The third kappa shape index (κ3) is 2.68. The van der Waals surface area contributed by atoms with Crippen LogP contribution in [0.25, 0.3) is 0 Å². The normalized spacial score (nSPS) is 12.8. The van der Waals surface area contributed by atoms with E-state index in [1.807, 2.05) is 0 Å². The van der Waals surface area contributed by atoms with Gasteiger partial charge in [0.2, 0.25) is 0 Å². The molecule has 0 radical (unpaired) electrons. The van der Waals surface area contributed by atoms with Crippen LogP contribution >= 0.6 is 11.6 Å². The van der Waals surface area contributed by atoms with E-state index in [0.29, 0.717) is 10.8 Å². The SMILES string of the molecule is COc1ccc(C(=O)ON2C(=O)c3ccccc3C2=O)c(OC)c1Cl. The quantitative estimate of drug-likeness (QED) is 0.779. The monoisotopic (exact) mass is 361 g/mol. The van der Waals surface area contributed by atoms with E-state index in [0.717, 1.165) is 0 Å². The molecule has 0 aromatic heterocycles. The van der Waals surface area contributed by atoms with Crippen LogP contribution < -0.4 is 9.47 Å². The van der Waals surface area contributed by atoms with Gasteiger partial charge in [-0.15, -0.1) is 0 Å². The van der Waals surface area contributed by atoms with Gasteiger partial charge in [-0.25, -0.2) is 4.79 Å². The van der Waals surface area contributed by atoms with Gasteiger partial charge < -0.3 is 14.3 Å². The number of hydroxylamine groups is 2. The fourth-order valence-electron chi connectivity index (χ4n) is 2.44. The zero-order valence-corrected chi connectivity index (χ0v) is 14.0. The van der Waals surface area contributed by atoms with Crippen LogP contribution in [0.5, 0.6) is 11.5 Å². The summed E-state index contributed by atoms with van der Waals surface area (Å²) in [7, 11) is 2.73. The Kier molecular flexibility index (Phi) is 4.33. The Morgan fingerprint density at radius 2 is 1.56 bits per heavy atom. The van der Waals surface area contributed by atoms with Gasteiger partial charge in [-0.05, 0) is 24.3 Å². The van der Waals surface area contributed by atoms with Gasteiger partial charge in [0, 0.05) is 0 Å². The molecule has 0 atom stereocenters. The summed E-state index contributed by atoms with van der Waals surface area (Å²) in [5.41, 5.74) is 0.282. The molecule has 3 rings (SSSR count). The minimum absolute atomic E-state index is 0.0163. The molecule has 2 aromatic carbocycles. The molecule has 8 heteroatoms. The maximum atomic E-state index is 12.4. The molecule has 1 aliphatic rings. The van der Waals surface area contributed by atoms with E-state index < -0.39 is 17.8 Å². The van der Waals surface area contributed by atoms with Crippen molar-refractivity contribution < 1.29 is 28.7 Å². The lowest BCUT2D eigenvalue weighted by Crippen LogP contribution is -2.32. The van der Waals surface area contributed by atoms with Gasteiger partial charge in [-0.1, -0.05) is 28.8 Å². The molecule has 2 aromatic rings. The molecule has 0 N–H and O–H groups in total. The smallest absolute Gasteiger partial charge is 0.367 e. The van der Waals surface area contributed by atoms with Crippen molar-refractivity contribution in [2.45, 2.75) is 0 Å². The minimum Gasteiger partial charge on any atom is -0.495 e. The molecule has 2 amide bonds. The highest BCUT2D eigenvalue weighted by molar-refractivity contribution is 6.34. The number of hydrogen-bond acceptors (Lipinski definition) is 6. The number of nitrogens with zero attached hydrogens (tertiary/aromatic N) is 1. The van der Waals surface area contributed by atoms with Crippen LogP contribution in [-0.2, 0) is 4.84 Å². The van der Waals surface area contributed by atoms with Gasteiger partial charge in [0.1, 0.15) is 16.3 Å². The van der Waals surface area contributed by atoms with Crippen LogP contribution in [0.3, 0.4) is 0 Å². The molecule has 1 heterocycles. The molecule has 0 fully saturated rings. The Morgan fingerprint density at radius 1 is 0.960 bits per heavy atom. The van der Waals surface area contributed by atoms with Crippen molar-refractivity contribution in [2.75, 3.05) is 14.2 Å². The lowest BCUT2D eigenvalue weighted by atomic mass is 10.1. The maximum Gasteiger partial charge on any atom is 0.367 e. The number of imide groups is 1. The molecule has 0 saturated heterocycles. The Hall–Kier alpha value is -3.06. The summed E-state index contributed by atoms with van der Waals surface area (Å²) in [5, 5.41) is 0.492. The summed E-state index contributed by atoms with van der Waals surface area (Å²) >= 11 is 6.10. The summed E-state index contributed by atoms with van der Waals surface area (Å²) in [6, 6.07) is 9.00. The van der Waals surface area contributed by atoms with Crippen LogP contribution in [0, 0.1) is 0 Å². The molecule has 1 aliphatic heterocycles. The van der Waals surface area contributed by atoms with E-state index >= 15 is 0 Å². The van der Waals surface area contributed by atoms with E-state index in [1.54, 1.807) is 12.1 Å². The number of benzene rings is 2. The maximum absolute atomic E-state index is 12.4.